The van der Waals surface area contributed by atoms with Crippen LogP contribution in [0.3, 0.4) is 0 Å². The number of hydrogen-bond acceptors (Lipinski definition) is 6. The third kappa shape index (κ3) is 3.32. The van der Waals surface area contributed by atoms with Crippen molar-refractivity contribution in [2.45, 2.75) is 43.7 Å². The molecule has 0 saturated heterocycles. The van der Waals surface area contributed by atoms with Crippen molar-refractivity contribution in [1.29, 1.82) is 0 Å². The highest BCUT2D eigenvalue weighted by molar-refractivity contribution is 7.90. The molecule has 10 heteroatoms. The molecule has 1 aromatic heterocycles. The summed E-state index contributed by atoms with van der Waals surface area (Å²) in [5, 5.41) is 6.55. The number of carbonyl (C=O) groups is 1. The first-order valence-electron chi connectivity index (χ1n) is 8.58. The zero-order valence-corrected chi connectivity index (χ0v) is 15.8. The predicted octanol–water partition coefficient (Wildman–Crippen LogP) is 1.89. The molecule has 0 saturated carbocycles. The molecule has 1 aromatic carbocycles. The van der Waals surface area contributed by atoms with Crippen molar-refractivity contribution in [3.05, 3.63) is 30.0 Å². The van der Waals surface area contributed by atoms with Crippen LogP contribution in [0.15, 0.2) is 29.3 Å². The van der Waals surface area contributed by atoms with E-state index in [1.54, 1.807) is 12.1 Å². The lowest BCUT2D eigenvalue weighted by atomic mass is 10.0. The molecule has 0 unspecified atom stereocenters. The van der Waals surface area contributed by atoms with E-state index in [0.29, 0.717) is 31.0 Å². The van der Waals surface area contributed by atoms with E-state index >= 15 is 0 Å². The molecule has 0 atom stereocenters. The van der Waals surface area contributed by atoms with Gasteiger partial charge >= 0.3 is 6.03 Å². The van der Waals surface area contributed by atoms with Crippen molar-refractivity contribution >= 4 is 21.7 Å². The summed E-state index contributed by atoms with van der Waals surface area (Å²) in [7, 11) is -4.13. The van der Waals surface area contributed by atoms with E-state index in [0.717, 1.165) is 12.0 Å². The van der Waals surface area contributed by atoms with E-state index in [4.69, 9.17) is 9.47 Å². The minimum atomic E-state index is -4.13. The van der Waals surface area contributed by atoms with E-state index in [9.17, 15) is 13.2 Å². The third-order valence-corrected chi connectivity index (χ3v) is 5.68. The summed E-state index contributed by atoms with van der Waals surface area (Å²) in [5.41, 5.74) is 0.996. The molecule has 0 aliphatic carbocycles. The number of fused-ring (bicyclic) bond motifs is 2. The van der Waals surface area contributed by atoms with E-state index < -0.39 is 16.1 Å². The molecule has 9 nitrogen and oxygen atoms in total. The molecule has 2 aromatic rings. The Bertz CT molecular complexity index is 1010. The van der Waals surface area contributed by atoms with Gasteiger partial charge in [0.25, 0.3) is 10.0 Å². The average Bonchev–Trinajstić information content (AvgIpc) is 3.14. The minimum absolute atomic E-state index is 0.146. The van der Waals surface area contributed by atoms with Crippen molar-refractivity contribution in [2.75, 3.05) is 11.9 Å². The number of aryl methyl sites for hydroxylation is 1. The van der Waals surface area contributed by atoms with Crippen molar-refractivity contribution in [2.24, 2.45) is 0 Å². The number of hydrogen-bond donors (Lipinski definition) is 2. The van der Waals surface area contributed by atoms with Crippen molar-refractivity contribution < 1.29 is 22.7 Å². The molecular weight excluding hydrogens is 372 g/mol. The summed E-state index contributed by atoms with van der Waals surface area (Å²) in [6.45, 7) is 4.87. The number of rotatable bonds is 3. The van der Waals surface area contributed by atoms with Crippen LogP contribution >= 0.6 is 0 Å². The Labute approximate surface area is 156 Å². The number of amides is 2. The molecule has 0 radical (unpaired) electrons. The number of para-hydroxylation sites is 1. The summed E-state index contributed by atoms with van der Waals surface area (Å²) in [4.78, 5) is 12.2. The van der Waals surface area contributed by atoms with Gasteiger partial charge in [0.15, 0.2) is 4.90 Å². The summed E-state index contributed by atoms with van der Waals surface area (Å²) in [5.74, 6) is 0.702. The van der Waals surface area contributed by atoms with Crippen LogP contribution in [0.5, 0.6) is 11.6 Å². The van der Waals surface area contributed by atoms with Crippen LogP contribution in [-0.2, 0) is 23.0 Å². The van der Waals surface area contributed by atoms with E-state index in [2.05, 4.69) is 10.4 Å². The standard InChI is InChI=1S/C17H20N4O5S/c1-17(2)9-11-5-3-6-12(14(11)26-17)19-16(22)20-27(23,24)13-10-18-21-7-4-8-25-15(13)21/h3,5-6,10H,4,7-9H2,1-2H3,(H2,19,20,22). The normalized spacial score (nSPS) is 17.3. The summed E-state index contributed by atoms with van der Waals surface area (Å²) in [6, 6.07) is 4.49. The van der Waals surface area contributed by atoms with Crippen LogP contribution in [0.1, 0.15) is 25.8 Å². The SMILES string of the molecule is CC1(C)Cc2cccc(NC(=O)NS(=O)(=O)c3cnn4c3OCCC4)c2O1. The number of ether oxygens (including phenoxy) is 2. The predicted molar refractivity (Wildman–Crippen MR) is 96.5 cm³/mol. The maximum atomic E-state index is 12.6. The second kappa shape index (κ2) is 6.15. The molecule has 0 spiro atoms. The Morgan fingerprint density at radius 1 is 1.33 bits per heavy atom. The van der Waals surface area contributed by atoms with Gasteiger partial charge in [0, 0.05) is 24.9 Å². The Kier molecular flexibility index (Phi) is 4.02. The highest BCUT2D eigenvalue weighted by Gasteiger charge is 2.33. The van der Waals surface area contributed by atoms with Crippen molar-refractivity contribution in [1.82, 2.24) is 14.5 Å². The molecule has 3 heterocycles. The van der Waals surface area contributed by atoms with Gasteiger partial charge in [-0.1, -0.05) is 12.1 Å². The fraction of sp³-hybridized carbons (Fsp3) is 0.412. The summed E-state index contributed by atoms with van der Waals surface area (Å²) >= 11 is 0. The molecule has 2 N–H and O–H groups in total. The lowest BCUT2D eigenvalue weighted by molar-refractivity contribution is 0.139. The second-order valence-corrected chi connectivity index (χ2v) is 8.78. The number of urea groups is 1. The van der Waals surface area contributed by atoms with Gasteiger partial charge in [-0.25, -0.2) is 22.6 Å². The van der Waals surface area contributed by atoms with Gasteiger partial charge in [-0.2, -0.15) is 5.10 Å². The number of aromatic nitrogens is 2. The molecule has 144 valence electrons. The monoisotopic (exact) mass is 392 g/mol. The van der Waals surface area contributed by atoms with Gasteiger partial charge < -0.3 is 14.8 Å². The Morgan fingerprint density at radius 3 is 2.96 bits per heavy atom. The number of anilines is 1. The van der Waals surface area contributed by atoms with Gasteiger partial charge in [0.05, 0.1) is 18.5 Å². The van der Waals surface area contributed by atoms with E-state index in [1.165, 1.54) is 10.9 Å². The Morgan fingerprint density at radius 2 is 2.15 bits per heavy atom. The van der Waals surface area contributed by atoms with Gasteiger partial charge in [-0.05, 0) is 19.9 Å². The maximum Gasteiger partial charge on any atom is 0.333 e. The van der Waals surface area contributed by atoms with Gasteiger partial charge in [-0.3, -0.25) is 0 Å². The first-order chi connectivity index (χ1) is 12.8. The summed E-state index contributed by atoms with van der Waals surface area (Å²) < 4.78 is 39.9. The van der Waals surface area contributed by atoms with E-state index in [1.807, 2.05) is 24.6 Å². The zero-order valence-electron chi connectivity index (χ0n) is 15.0. The zero-order chi connectivity index (χ0) is 19.2. The molecule has 2 aliphatic rings. The molecule has 2 aliphatic heterocycles. The van der Waals surface area contributed by atoms with Gasteiger partial charge in [0.2, 0.25) is 5.88 Å². The Hall–Kier alpha value is -2.75. The fourth-order valence-electron chi connectivity index (χ4n) is 3.27. The first-order valence-corrected chi connectivity index (χ1v) is 10.1. The average molecular weight is 392 g/mol. The number of benzene rings is 1. The van der Waals surface area contributed by atoms with Gasteiger partial charge in [-0.15, -0.1) is 0 Å². The van der Waals surface area contributed by atoms with Crippen molar-refractivity contribution in [3.63, 3.8) is 0 Å². The molecule has 27 heavy (non-hydrogen) atoms. The number of sulfonamides is 1. The minimum Gasteiger partial charge on any atom is -0.485 e. The lowest BCUT2D eigenvalue weighted by Crippen LogP contribution is -2.34. The third-order valence-electron chi connectivity index (χ3n) is 4.37. The van der Waals surface area contributed by atoms with Crippen molar-refractivity contribution in [3.8, 4) is 11.6 Å². The molecule has 4 rings (SSSR count). The first kappa shape index (κ1) is 17.7. The fourth-order valence-corrected chi connectivity index (χ4v) is 4.25. The van der Waals surface area contributed by atoms with Crippen LogP contribution in [0, 0.1) is 0 Å². The lowest BCUT2D eigenvalue weighted by Gasteiger charge is -2.18. The number of carbonyl (C=O) groups excluding carboxylic acids is 1. The van der Waals surface area contributed by atoms with Crippen LogP contribution in [0.2, 0.25) is 0 Å². The van der Waals surface area contributed by atoms with Crippen LogP contribution in [0.25, 0.3) is 0 Å². The number of nitrogens with one attached hydrogen (secondary N) is 2. The molecule has 0 bridgehead atoms. The smallest absolute Gasteiger partial charge is 0.333 e. The quantitative estimate of drug-likeness (QED) is 0.825. The highest BCUT2D eigenvalue weighted by Crippen LogP contribution is 2.40. The summed E-state index contributed by atoms with van der Waals surface area (Å²) in [6.07, 6.45) is 2.64. The highest BCUT2D eigenvalue weighted by atomic mass is 32.2. The van der Waals surface area contributed by atoms with Crippen LogP contribution in [-0.4, -0.2) is 36.4 Å². The van der Waals surface area contributed by atoms with Crippen LogP contribution in [0.4, 0.5) is 10.5 Å². The second-order valence-electron chi connectivity index (χ2n) is 7.13. The molecule has 0 fully saturated rings. The van der Waals surface area contributed by atoms with Crippen LogP contribution < -0.4 is 19.5 Å². The topological polar surface area (TPSA) is 112 Å². The molecule has 2 amide bonds. The van der Waals surface area contributed by atoms with Gasteiger partial charge in [0.1, 0.15) is 11.4 Å². The molecular formula is C17H20N4O5S. The maximum absolute atomic E-state index is 12.6. The Balaban J connectivity index is 1.53. The number of nitrogens with zero attached hydrogens (tertiary/aromatic N) is 2. The van der Waals surface area contributed by atoms with E-state index in [-0.39, 0.29) is 16.4 Å². The largest absolute Gasteiger partial charge is 0.485 e.